The highest BCUT2D eigenvalue weighted by atomic mass is 16.5. The van der Waals surface area contributed by atoms with Gasteiger partial charge in [-0.1, -0.05) is 0 Å². The first kappa shape index (κ1) is 13.0. The van der Waals surface area contributed by atoms with E-state index in [0.29, 0.717) is 6.54 Å². The minimum Gasteiger partial charge on any atom is -0.380 e. The number of aromatic nitrogens is 2. The van der Waals surface area contributed by atoms with E-state index in [1.807, 2.05) is 32.6 Å². The number of ether oxygens (including phenoxy) is 1. The van der Waals surface area contributed by atoms with Crippen molar-refractivity contribution in [3.8, 4) is 0 Å². The molecule has 0 saturated heterocycles. The smallest absolute Gasteiger partial charge is 0.131 e. The zero-order valence-corrected chi connectivity index (χ0v) is 10.7. The van der Waals surface area contributed by atoms with Crippen molar-refractivity contribution < 1.29 is 4.74 Å². The molecule has 0 spiro atoms. The number of anilines is 1. The normalized spacial score (nSPS) is 10.8. The Balaban J connectivity index is 2.77. The van der Waals surface area contributed by atoms with E-state index in [1.54, 1.807) is 0 Å². The highest BCUT2D eigenvalue weighted by molar-refractivity contribution is 5.49. The summed E-state index contributed by atoms with van der Waals surface area (Å²) in [6.45, 7) is 6.83. The molecule has 16 heavy (non-hydrogen) atoms. The molecule has 1 rings (SSSR count). The quantitative estimate of drug-likeness (QED) is 0.724. The molecule has 2 N–H and O–H groups in total. The molecule has 0 fully saturated rings. The third-order valence-electron chi connectivity index (χ3n) is 2.65. The monoisotopic (exact) mass is 226 g/mol. The Hall–Kier alpha value is -1.07. The van der Waals surface area contributed by atoms with Gasteiger partial charge in [-0.3, -0.25) is 4.68 Å². The summed E-state index contributed by atoms with van der Waals surface area (Å²) in [6, 6.07) is 0. The molecule has 92 valence electrons. The van der Waals surface area contributed by atoms with Gasteiger partial charge in [-0.15, -0.1) is 0 Å². The van der Waals surface area contributed by atoms with Gasteiger partial charge >= 0.3 is 0 Å². The predicted octanol–water partition coefficient (Wildman–Crippen LogP) is 0.660. The van der Waals surface area contributed by atoms with E-state index in [0.717, 1.165) is 36.8 Å². The van der Waals surface area contributed by atoms with E-state index in [1.165, 1.54) is 0 Å². The summed E-state index contributed by atoms with van der Waals surface area (Å²) < 4.78 is 7.22. The first-order chi connectivity index (χ1) is 7.61. The van der Waals surface area contributed by atoms with Crippen LogP contribution in [-0.4, -0.2) is 36.6 Å². The number of hydrogen-bond acceptors (Lipinski definition) is 4. The lowest BCUT2D eigenvalue weighted by Gasteiger charge is -2.20. The molecule has 0 unspecified atom stereocenters. The Morgan fingerprint density at radius 2 is 2.19 bits per heavy atom. The fourth-order valence-electron chi connectivity index (χ4n) is 1.86. The summed E-state index contributed by atoms with van der Waals surface area (Å²) in [5.74, 6) is 1.08. The summed E-state index contributed by atoms with van der Waals surface area (Å²) >= 11 is 0. The van der Waals surface area contributed by atoms with Crippen molar-refractivity contribution in [1.82, 2.24) is 9.78 Å². The van der Waals surface area contributed by atoms with E-state index in [2.05, 4.69) is 10.00 Å². The standard InChI is InChI=1S/C11H22N4O/c1-5-16-7-6-14(3)11-10(8-12)9(2)13-15(11)4/h5-8,12H2,1-4H3. The van der Waals surface area contributed by atoms with Crippen molar-refractivity contribution in [3.63, 3.8) is 0 Å². The van der Waals surface area contributed by atoms with Gasteiger partial charge < -0.3 is 15.4 Å². The zero-order chi connectivity index (χ0) is 12.1. The van der Waals surface area contributed by atoms with Crippen LogP contribution in [0.3, 0.4) is 0 Å². The fourth-order valence-corrected chi connectivity index (χ4v) is 1.86. The van der Waals surface area contributed by atoms with E-state index in [-0.39, 0.29) is 0 Å². The molecule has 0 bridgehead atoms. The van der Waals surface area contributed by atoms with Crippen LogP contribution in [0.2, 0.25) is 0 Å². The zero-order valence-electron chi connectivity index (χ0n) is 10.7. The lowest BCUT2D eigenvalue weighted by Crippen LogP contribution is -2.26. The van der Waals surface area contributed by atoms with Gasteiger partial charge in [0.15, 0.2) is 0 Å². The Kier molecular flexibility index (Phi) is 4.76. The Labute approximate surface area is 97.2 Å². The lowest BCUT2D eigenvalue weighted by molar-refractivity contribution is 0.154. The van der Waals surface area contributed by atoms with Crippen LogP contribution in [-0.2, 0) is 18.3 Å². The number of likely N-dealkylation sites (N-methyl/N-ethyl adjacent to an activating group) is 1. The van der Waals surface area contributed by atoms with Crippen molar-refractivity contribution >= 4 is 5.82 Å². The molecular formula is C11H22N4O. The molecule has 5 nitrogen and oxygen atoms in total. The average molecular weight is 226 g/mol. The van der Waals surface area contributed by atoms with Gasteiger partial charge in [-0.25, -0.2) is 0 Å². The fraction of sp³-hybridized carbons (Fsp3) is 0.727. The molecule has 0 aromatic carbocycles. The maximum Gasteiger partial charge on any atom is 0.131 e. The van der Waals surface area contributed by atoms with Crippen molar-refractivity contribution in [2.75, 3.05) is 31.7 Å². The maximum absolute atomic E-state index is 5.75. The van der Waals surface area contributed by atoms with Crippen LogP contribution in [0.5, 0.6) is 0 Å². The van der Waals surface area contributed by atoms with Gasteiger partial charge in [0.1, 0.15) is 5.82 Å². The van der Waals surface area contributed by atoms with Crippen LogP contribution >= 0.6 is 0 Å². The molecule has 0 radical (unpaired) electrons. The number of nitrogens with zero attached hydrogens (tertiary/aromatic N) is 3. The van der Waals surface area contributed by atoms with Crippen LogP contribution in [0.15, 0.2) is 0 Å². The highest BCUT2D eigenvalue weighted by Gasteiger charge is 2.15. The second-order valence-corrected chi connectivity index (χ2v) is 3.83. The number of aryl methyl sites for hydroxylation is 2. The van der Waals surface area contributed by atoms with Gasteiger partial charge in [0, 0.05) is 39.4 Å². The first-order valence-corrected chi connectivity index (χ1v) is 5.63. The molecule has 1 heterocycles. The Bertz CT molecular complexity index is 335. The van der Waals surface area contributed by atoms with Crippen molar-refractivity contribution in [1.29, 1.82) is 0 Å². The van der Waals surface area contributed by atoms with Crippen LogP contribution in [0.4, 0.5) is 5.82 Å². The summed E-state index contributed by atoms with van der Waals surface area (Å²) in [7, 11) is 3.98. The molecule has 1 aromatic rings. The van der Waals surface area contributed by atoms with Crippen molar-refractivity contribution in [2.24, 2.45) is 12.8 Å². The Morgan fingerprint density at radius 3 is 2.75 bits per heavy atom. The molecule has 0 amide bonds. The van der Waals surface area contributed by atoms with Crippen LogP contribution in [0, 0.1) is 6.92 Å². The topological polar surface area (TPSA) is 56.3 Å². The summed E-state index contributed by atoms with van der Waals surface area (Å²) in [5.41, 5.74) is 7.86. The second kappa shape index (κ2) is 5.86. The molecule has 5 heteroatoms. The summed E-state index contributed by atoms with van der Waals surface area (Å²) in [4.78, 5) is 2.14. The molecule has 0 aliphatic heterocycles. The van der Waals surface area contributed by atoms with Crippen LogP contribution < -0.4 is 10.6 Å². The van der Waals surface area contributed by atoms with Crippen LogP contribution in [0.25, 0.3) is 0 Å². The number of rotatable bonds is 6. The van der Waals surface area contributed by atoms with Gasteiger partial charge in [-0.2, -0.15) is 5.10 Å². The average Bonchev–Trinajstić information content (AvgIpc) is 2.53. The van der Waals surface area contributed by atoms with Gasteiger partial charge in [0.25, 0.3) is 0 Å². The highest BCUT2D eigenvalue weighted by Crippen LogP contribution is 2.21. The van der Waals surface area contributed by atoms with Gasteiger partial charge in [0.2, 0.25) is 0 Å². The molecule has 1 aromatic heterocycles. The van der Waals surface area contributed by atoms with E-state index < -0.39 is 0 Å². The molecule has 0 atom stereocenters. The van der Waals surface area contributed by atoms with Crippen LogP contribution in [0.1, 0.15) is 18.2 Å². The molecule has 0 aliphatic carbocycles. The van der Waals surface area contributed by atoms with E-state index in [4.69, 9.17) is 10.5 Å². The minimum absolute atomic E-state index is 0.522. The Morgan fingerprint density at radius 1 is 1.50 bits per heavy atom. The van der Waals surface area contributed by atoms with Gasteiger partial charge in [-0.05, 0) is 13.8 Å². The molecule has 0 aliphatic rings. The van der Waals surface area contributed by atoms with Gasteiger partial charge in [0.05, 0.1) is 12.3 Å². The largest absolute Gasteiger partial charge is 0.380 e. The predicted molar refractivity (Wildman–Crippen MR) is 65.6 cm³/mol. The van der Waals surface area contributed by atoms with E-state index in [9.17, 15) is 0 Å². The van der Waals surface area contributed by atoms with Crippen molar-refractivity contribution in [3.05, 3.63) is 11.3 Å². The summed E-state index contributed by atoms with van der Waals surface area (Å²) in [6.07, 6.45) is 0. The SMILES string of the molecule is CCOCCN(C)c1c(CN)c(C)nn1C. The number of hydrogen-bond donors (Lipinski definition) is 1. The molecular weight excluding hydrogens is 204 g/mol. The van der Waals surface area contributed by atoms with Crippen molar-refractivity contribution in [2.45, 2.75) is 20.4 Å². The lowest BCUT2D eigenvalue weighted by atomic mass is 10.2. The minimum atomic E-state index is 0.522. The first-order valence-electron chi connectivity index (χ1n) is 5.63. The summed E-state index contributed by atoms with van der Waals surface area (Å²) in [5, 5.41) is 4.39. The third kappa shape index (κ3) is 2.74. The maximum atomic E-state index is 5.75. The number of nitrogens with two attached hydrogens (primary N) is 1. The second-order valence-electron chi connectivity index (χ2n) is 3.83. The third-order valence-corrected chi connectivity index (χ3v) is 2.65. The van der Waals surface area contributed by atoms with E-state index >= 15 is 0 Å². The molecule has 0 saturated carbocycles.